The molecule has 0 unspecified atom stereocenters. The molecule has 0 saturated carbocycles. The average molecular weight is 172 g/mol. The predicted octanol–water partition coefficient (Wildman–Crippen LogP) is -0.318. The lowest BCUT2D eigenvalue weighted by molar-refractivity contribution is -0.113. The van der Waals surface area contributed by atoms with Crippen molar-refractivity contribution >= 4 is 5.84 Å². The molecule has 5 nitrogen and oxygen atoms in total. The minimum atomic E-state index is -2.28. The summed E-state index contributed by atoms with van der Waals surface area (Å²) in [5.74, 6) is -2.23. The van der Waals surface area contributed by atoms with Crippen molar-refractivity contribution in [1.82, 2.24) is 5.32 Å². The molecule has 1 aliphatic rings. The number of hydrogen-bond donors (Lipinski definition) is 4. The third kappa shape index (κ3) is 1.96. The minimum Gasteiger partial charge on any atom is -0.495 e. The molecule has 12 heavy (non-hydrogen) atoms. The highest BCUT2D eigenvalue weighted by Gasteiger charge is 2.26. The molecule has 0 radical (unpaired) electrons. The van der Waals surface area contributed by atoms with Gasteiger partial charge in [-0.1, -0.05) is 13.8 Å². The maximum atomic E-state index is 9.06. The Kier molecular flexibility index (Phi) is 2.08. The van der Waals surface area contributed by atoms with Crippen LogP contribution in [0.3, 0.4) is 0 Å². The lowest BCUT2D eigenvalue weighted by atomic mass is 10.2. The lowest BCUT2D eigenvalue weighted by Gasteiger charge is -2.23. The summed E-state index contributed by atoms with van der Waals surface area (Å²) in [6, 6.07) is 0. The van der Waals surface area contributed by atoms with Crippen LogP contribution in [0.15, 0.2) is 17.0 Å². The molecular formula is C7H12N2O3. The van der Waals surface area contributed by atoms with Crippen LogP contribution in [0.2, 0.25) is 0 Å². The topological polar surface area (TPSA) is 85.1 Å². The number of nitrogens with one attached hydrogen (secondary N) is 1. The summed E-state index contributed by atoms with van der Waals surface area (Å²) >= 11 is 0. The number of amidine groups is 1. The van der Waals surface area contributed by atoms with Gasteiger partial charge in [0.2, 0.25) is 0 Å². The predicted molar refractivity (Wildman–Crippen MR) is 43.3 cm³/mol. The van der Waals surface area contributed by atoms with Gasteiger partial charge in [-0.25, -0.2) is 4.99 Å². The van der Waals surface area contributed by atoms with Crippen molar-refractivity contribution in [3.63, 3.8) is 0 Å². The van der Waals surface area contributed by atoms with Gasteiger partial charge in [0, 0.05) is 5.92 Å². The Bertz CT molecular complexity index is 243. The molecule has 0 aromatic heterocycles. The second kappa shape index (κ2) is 2.76. The molecule has 68 valence electrons. The molecule has 0 aliphatic carbocycles. The average Bonchev–Trinajstić information content (AvgIpc) is 1.82. The maximum Gasteiger partial charge on any atom is 0.292 e. The summed E-state index contributed by atoms with van der Waals surface area (Å²) in [6.07, 6.45) is 0.818. The first kappa shape index (κ1) is 9.02. The number of rotatable bonds is 1. The zero-order valence-corrected chi connectivity index (χ0v) is 6.94. The number of aliphatic hydroxyl groups is 3. The van der Waals surface area contributed by atoms with Crippen molar-refractivity contribution in [2.24, 2.45) is 10.9 Å². The molecule has 0 amide bonds. The van der Waals surface area contributed by atoms with E-state index in [0.29, 0.717) is 5.84 Å². The highest BCUT2D eigenvalue weighted by Crippen LogP contribution is 2.13. The second-order valence-electron chi connectivity index (χ2n) is 2.99. The van der Waals surface area contributed by atoms with Crippen molar-refractivity contribution in [3.05, 3.63) is 12.0 Å². The van der Waals surface area contributed by atoms with Crippen molar-refractivity contribution in [2.75, 3.05) is 0 Å². The molecule has 0 atom stereocenters. The van der Waals surface area contributed by atoms with E-state index in [1.54, 1.807) is 0 Å². The molecule has 0 bridgehead atoms. The molecule has 0 saturated heterocycles. The van der Waals surface area contributed by atoms with Gasteiger partial charge >= 0.3 is 0 Å². The largest absolute Gasteiger partial charge is 0.495 e. The Morgan fingerprint density at radius 3 is 2.50 bits per heavy atom. The van der Waals surface area contributed by atoms with Crippen LogP contribution in [0.5, 0.6) is 0 Å². The molecule has 1 aliphatic heterocycles. The summed E-state index contributed by atoms with van der Waals surface area (Å²) in [6.45, 7) is 3.64. The van der Waals surface area contributed by atoms with Crippen molar-refractivity contribution in [3.8, 4) is 0 Å². The fourth-order valence-corrected chi connectivity index (χ4v) is 0.862. The van der Waals surface area contributed by atoms with Gasteiger partial charge < -0.3 is 20.6 Å². The standard InChI is InChI=1S/C7H12N2O3/c1-4(2)6-8-5(10)3-7(11,12)9-6/h3-4,10-12H,1-2H3,(H,8,9). The Morgan fingerprint density at radius 1 is 1.50 bits per heavy atom. The number of aliphatic imine (C=N–C) groups is 1. The first-order chi connectivity index (χ1) is 5.41. The van der Waals surface area contributed by atoms with Gasteiger partial charge in [-0.05, 0) is 0 Å². The number of hydrogen-bond acceptors (Lipinski definition) is 5. The first-order valence-corrected chi connectivity index (χ1v) is 3.64. The molecule has 5 heteroatoms. The molecule has 1 heterocycles. The molecule has 1 rings (SSSR count). The fourth-order valence-electron chi connectivity index (χ4n) is 0.862. The lowest BCUT2D eigenvalue weighted by Crippen LogP contribution is -2.39. The van der Waals surface area contributed by atoms with E-state index in [-0.39, 0.29) is 11.8 Å². The SMILES string of the molecule is CC(C)C1=NC(O)(O)C=C(O)N1. The summed E-state index contributed by atoms with van der Waals surface area (Å²) < 4.78 is 0. The zero-order valence-electron chi connectivity index (χ0n) is 6.94. The van der Waals surface area contributed by atoms with Gasteiger partial charge in [-0.15, -0.1) is 0 Å². The van der Waals surface area contributed by atoms with Gasteiger partial charge in [0.1, 0.15) is 5.84 Å². The minimum absolute atomic E-state index is 0.000440. The van der Waals surface area contributed by atoms with Crippen molar-refractivity contribution in [2.45, 2.75) is 19.8 Å². The summed E-state index contributed by atoms with van der Waals surface area (Å²) in [4.78, 5) is 3.54. The Morgan fingerprint density at radius 2 is 2.08 bits per heavy atom. The maximum absolute atomic E-state index is 9.06. The van der Waals surface area contributed by atoms with Crippen LogP contribution in [0, 0.1) is 5.92 Å². The first-order valence-electron chi connectivity index (χ1n) is 3.64. The van der Waals surface area contributed by atoms with Gasteiger partial charge in [-0.3, -0.25) is 0 Å². The third-order valence-corrected chi connectivity index (χ3v) is 1.42. The van der Waals surface area contributed by atoms with Crippen LogP contribution in [-0.4, -0.2) is 27.1 Å². The number of aliphatic hydroxyl groups excluding tert-OH is 1. The molecule has 0 fully saturated rings. The Balaban J connectivity index is 2.88. The quantitative estimate of drug-likeness (QED) is 0.408. The summed E-state index contributed by atoms with van der Waals surface area (Å²) in [7, 11) is 0. The Labute approximate surface area is 70.1 Å². The summed E-state index contributed by atoms with van der Waals surface area (Å²) in [5, 5.41) is 29.6. The van der Waals surface area contributed by atoms with Gasteiger partial charge in [0.25, 0.3) is 5.91 Å². The van der Waals surface area contributed by atoms with E-state index in [1.165, 1.54) is 0 Å². The fraction of sp³-hybridized carbons (Fsp3) is 0.571. The molecule has 4 N–H and O–H groups in total. The summed E-state index contributed by atoms with van der Waals surface area (Å²) in [5.41, 5.74) is 0. The van der Waals surface area contributed by atoms with Crippen LogP contribution >= 0.6 is 0 Å². The third-order valence-electron chi connectivity index (χ3n) is 1.42. The zero-order chi connectivity index (χ0) is 9.35. The normalized spacial score (nSPS) is 21.4. The van der Waals surface area contributed by atoms with E-state index >= 15 is 0 Å². The Hall–Kier alpha value is -1.07. The van der Waals surface area contributed by atoms with E-state index in [0.717, 1.165) is 6.08 Å². The van der Waals surface area contributed by atoms with Crippen LogP contribution in [-0.2, 0) is 0 Å². The van der Waals surface area contributed by atoms with Crippen LogP contribution in [0.25, 0.3) is 0 Å². The second-order valence-corrected chi connectivity index (χ2v) is 2.99. The van der Waals surface area contributed by atoms with Gasteiger partial charge in [-0.2, -0.15) is 0 Å². The van der Waals surface area contributed by atoms with Crippen LogP contribution in [0.1, 0.15) is 13.8 Å². The molecule has 0 aromatic rings. The highest BCUT2D eigenvalue weighted by molar-refractivity contribution is 5.86. The highest BCUT2D eigenvalue weighted by atomic mass is 16.5. The molecular weight excluding hydrogens is 160 g/mol. The molecule has 0 spiro atoms. The van der Waals surface area contributed by atoms with E-state index in [2.05, 4.69) is 10.3 Å². The monoisotopic (exact) mass is 172 g/mol. The van der Waals surface area contributed by atoms with E-state index in [9.17, 15) is 0 Å². The van der Waals surface area contributed by atoms with Crippen molar-refractivity contribution in [1.29, 1.82) is 0 Å². The van der Waals surface area contributed by atoms with Crippen LogP contribution in [0.4, 0.5) is 0 Å². The van der Waals surface area contributed by atoms with Gasteiger partial charge in [0.05, 0.1) is 6.08 Å². The van der Waals surface area contributed by atoms with Crippen molar-refractivity contribution < 1.29 is 15.3 Å². The van der Waals surface area contributed by atoms with E-state index in [4.69, 9.17) is 15.3 Å². The van der Waals surface area contributed by atoms with E-state index < -0.39 is 5.91 Å². The smallest absolute Gasteiger partial charge is 0.292 e. The number of nitrogens with zero attached hydrogens (tertiary/aromatic N) is 1. The van der Waals surface area contributed by atoms with Gasteiger partial charge in [0.15, 0.2) is 5.88 Å². The van der Waals surface area contributed by atoms with E-state index in [1.807, 2.05) is 13.8 Å². The van der Waals surface area contributed by atoms with Crippen LogP contribution < -0.4 is 5.32 Å². The molecule has 0 aromatic carbocycles.